The Bertz CT molecular complexity index is 307. The van der Waals surface area contributed by atoms with Crippen molar-refractivity contribution >= 4 is 18.3 Å². The van der Waals surface area contributed by atoms with Crippen LogP contribution in [0.25, 0.3) is 0 Å². The number of likely N-dealkylation sites (N-methyl/N-ethyl adjacent to an activating group) is 1. The van der Waals surface area contributed by atoms with Crippen LogP contribution in [0.4, 0.5) is 5.69 Å². The smallest absolute Gasteiger partial charge is 0.0396 e. The molecule has 1 aromatic carbocycles. The number of rotatable bonds is 4. The summed E-state index contributed by atoms with van der Waals surface area (Å²) >= 11 is 4.13. The zero-order valence-electron chi connectivity index (χ0n) is 8.77. The van der Waals surface area contributed by atoms with E-state index in [0.717, 1.165) is 12.3 Å². The van der Waals surface area contributed by atoms with Crippen molar-refractivity contribution in [2.24, 2.45) is 0 Å². The Morgan fingerprint density at radius 1 is 1.29 bits per heavy atom. The molecule has 1 nitrogen and oxygen atoms in total. The lowest BCUT2D eigenvalue weighted by Gasteiger charge is -2.19. The number of thiol groups is 1. The van der Waals surface area contributed by atoms with Crippen molar-refractivity contribution in [2.45, 2.75) is 6.92 Å². The van der Waals surface area contributed by atoms with Gasteiger partial charge in [0.15, 0.2) is 0 Å². The van der Waals surface area contributed by atoms with E-state index in [-0.39, 0.29) is 0 Å². The highest BCUT2D eigenvalue weighted by Gasteiger charge is 2.00. The van der Waals surface area contributed by atoms with Crippen LogP contribution in [0.2, 0.25) is 0 Å². The number of benzene rings is 1. The van der Waals surface area contributed by atoms with Crippen molar-refractivity contribution in [1.82, 2.24) is 0 Å². The molecular formula is C12H17NS. The molecule has 0 atom stereocenters. The number of hydrogen-bond acceptors (Lipinski definition) is 2. The normalized spacial score (nSPS) is 10.8. The zero-order chi connectivity index (χ0) is 10.4. The fourth-order valence-electron chi connectivity index (χ4n) is 1.40. The monoisotopic (exact) mass is 207 g/mol. The highest BCUT2D eigenvalue weighted by atomic mass is 32.1. The summed E-state index contributed by atoms with van der Waals surface area (Å²) in [7, 11) is 2.10. The molecule has 0 amide bonds. The predicted octanol–water partition coefficient (Wildman–Crippen LogP) is 2.92. The van der Waals surface area contributed by atoms with Gasteiger partial charge in [-0.25, -0.2) is 0 Å². The molecule has 0 radical (unpaired) electrons. The summed E-state index contributed by atoms with van der Waals surface area (Å²) in [5, 5.41) is 0. The molecule has 0 unspecified atom stereocenters. The zero-order valence-corrected chi connectivity index (χ0v) is 9.67. The van der Waals surface area contributed by atoms with Crippen molar-refractivity contribution in [2.75, 3.05) is 24.2 Å². The van der Waals surface area contributed by atoms with Crippen LogP contribution in [0.3, 0.4) is 0 Å². The second-order valence-electron chi connectivity index (χ2n) is 3.32. The van der Waals surface area contributed by atoms with Crippen LogP contribution in [0, 0.1) is 6.92 Å². The van der Waals surface area contributed by atoms with Gasteiger partial charge in [-0.2, -0.15) is 12.6 Å². The van der Waals surface area contributed by atoms with Gasteiger partial charge < -0.3 is 4.90 Å². The molecule has 1 aromatic rings. The minimum Gasteiger partial charge on any atom is -0.371 e. The summed E-state index contributed by atoms with van der Waals surface area (Å²) in [4.78, 5) is 2.23. The Labute approximate surface area is 91.8 Å². The topological polar surface area (TPSA) is 3.24 Å². The Morgan fingerprint density at radius 2 is 2.00 bits per heavy atom. The van der Waals surface area contributed by atoms with Crippen molar-refractivity contribution in [3.05, 3.63) is 42.0 Å². The van der Waals surface area contributed by atoms with Crippen LogP contribution in [-0.2, 0) is 0 Å². The third-order valence-electron chi connectivity index (χ3n) is 2.18. The molecule has 1 rings (SSSR count). The van der Waals surface area contributed by atoms with Gasteiger partial charge in [-0.05, 0) is 18.6 Å². The summed E-state index contributed by atoms with van der Waals surface area (Å²) in [6.07, 6.45) is 4.21. The second-order valence-corrected chi connectivity index (χ2v) is 3.69. The van der Waals surface area contributed by atoms with Gasteiger partial charge in [0.05, 0.1) is 0 Å². The molecule has 0 aromatic heterocycles. The quantitative estimate of drug-likeness (QED) is 0.587. The van der Waals surface area contributed by atoms with Gasteiger partial charge >= 0.3 is 0 Å². The molecule has 2 heteroatoms. The average molecular weight is 207 g/mol. The standard InChI is InChI=1S/C12H17NS/c1-11-7-3-4-8-12(11)13(2)9-5-6-10-14/h3-8,14H,9-10H2,1-2H3. The Kier molecular flexibility index (Phi) is 4.60. The molecule has 76 valence electrons. The van der Waals surface area contributed by atoms with Gasteiger partial charge in [0.1, 0.15) is 0 Å². The number of nitrogens with zero attached hydrogens (tertiary/aromatic N) is 1. The van der Waals surface area contributed by atoms with Crippen molar-refractivity contribution < 1.29 is 0 Å². The molecule has 0 spiro atoms. The maximum Gasteiger partial charge on any atom is 0.0396 e. The van der Waals surface area contributed by atoms with Gasteiger partial charge in [0.2, 0.25) is 0 Å². The molecule has 0 fully saturated rings. The first-order chi connectivity index (χ1) is 6.75. The molecule has 0 aliphatic rings. The van der Waals surface area contributed by atoms with E-state index < -0.39 is 0 Å². The highest BCUT2D eigenvalue weighted by molar-refractivity contribution is 7.80. The molecule has 0 aliphatic carbocycles. The molecule has 0 aliphatic heterocycles. The third-order valence-corrected chi connectivity index (χ3v) is 2.39. The summed E-state index contributed by atoms with van der Waals surface area (Å²) < 4.78 is 0. The fraction of sp³-hybridized carbons (Fsp3) is 0.333. The first-order valence-electron chi connectivity index (χ1n) is 4.78. The van der Waals surface area contributed by atoms with Gasteiger partial charge in [0.25, 0.3) is 0 Å². The maximum atomic E-state index is 4.13. The Morgan fingerprint density at radius 3 is 2.64 bits per heavy atom. The molecule has 0 saturated carbocycles. The van der Waals surface area contributed by atoms with Crippen molar-refractivity contribution in [3.8, 4) is 0 Å². The average Bonchev–Trinajstić information content (AvgIpc) is 2.18. The van der Waals surface area contributed by atoms with Crippen molar-refractivity contribution in [1.29, 1.82) is 0 Å². The number of hydrogen-bond donors (Lipinski definition) is 1. The summed E-state index contributed by atoms with van der Waals surface area (Å²) in [5.74, 6) is 0.807. The number of anilines is 1. The van der Waals surface area contributed by atoms with E-state index in [4.69, 9.17) is 0 Å². The number of aryl methyl sites for hydroxylation is 1. The molecule has 0 N–H and O–H groups in total. The molecular weight excluding hydrogens is 190 g/mol. The van der Waals surface area contributed by atoms with Crippen LogP contribution in [0.1, 0.15) is 5.56 Å². The first kappa shape index (κ1) is 11.2. The minimum absolute atomic E-state index is 0.807. The second kappa shape index (κ2) is 5.76. The Balaban J connectivity index is 2.65. The summed E-state index contributed by atoms with van der Waals surface area (Å²) in [6.45, 7) is 3.07. The maximum absolute atomic E-state index is 4.13. The highest BCUT2D eigenvalue weighted by Crippen LogP contribution is 2.17. The fourth-order valence-corrected chi connectivity index (χ4v) is 1.55. The van der Waals surface area contributed by atoms with Crippen LogP contribution in [-0.4, -0.2) is 19.3 Å². The molecule has 0 heterocycles. The largest absolute Gasteiger partial charge is 0.371 e. The lowest BCUT2D eigenvalue weighted by Crippen LogP contribution is -2.17. The van der Waals surface area contributed by atoms with Gasteiger partial charge in [-0.3, -0.25) is 0 Å². The van der Waals surface area contributed by atoms with E-state index in [9.17, 15) is 0 Å². The van der Waals surface area contributed by atoms with E-state index in [0.29, 0.717) is 0 Å². The molecule has 0 bridgehead atoms. The lowest BCUT2D eigenvalue weighted by atomic mass is 10.2. The van der Waals surface area contributed by atoms with Crippen LogP contribution < -0.4 is 4.90 Å². The first-order valence-corrected chi connectivity index (χ1v) is 5.41. The van der Waals surface area contributed by atoms with Crippen molar-refractivity contribution in [3.63, 3.8) is 0 Å². The van der Waals surface area contributed by atoms with Gasteiger partial charge in [-0.1, -0.05) is 30.4 Å². The van der Waals surface area contributed by atoms with E-state index in [1.54, 1.807) is 0 Å². The van der Waals surface area contributed by atoms with Crippen LogP contribution in [0.15, 0.2) is 36.4 Å². The lowest BCUT2D eigenvalue weighted by molar-refractivity contribution is 1.02. The summed E-state index contributed by atoms with van der Waals surface area (Å²) in [5.41, 5.74) is 2.60. The molecule has 14 heavy (non-hydrogen) atoms. The van der Waals surface area contributed by atoms with E-state index in [1.807, 2.05) is 0 Å². The van der Waals surface area contributed by atoms with Gasteiger partial charge in [0, 0.05) is 25.0 Å². The van der Waals surface area contributed by atoms with Crippen LogP contribution >= 0.6 is 12.6 Å². The third kappa shape index (κ3) is 3.11. The minimum atomic E-state index is 0.807. The SMILES string of the molecule is Cc1ccccc1N(C)CC=CCS. The Hall–Kier alpha value is -0.890. The predicted molar refractivity (Wildman–Crippen MR) is 67.4 cm³/mol. The van der Waals surface area contributed by atoms with Gasteiger partial charge in [-0.15, -0.1) is 0 Å². The van der Waals surface area contributed by atoms with E-state index in [1.165, 1.54) is 11.3 Å². The van der Waals surface area contributed by atoms with E-state index in [2.05, 4.69) is 67.9 Å². The number of para-hydroxylation sites is 1. The summed E-state index contributed by atoms with van der Waals surface area (Å²) in [6, 6.07) is 8.41. The molecule has 0 saturated heterocycles. The van der Waals surface area contributed by atoms with E-state index >= 15 is 0 Å². The van der Waals surface area contributed by atoms with Crippen LogP contribution in [0.5, 0.6) is 0 Å².